The topological polar surface area (TPSA) is 85.8 Å². The molecule has 3 aromatic rings. The predicted octanol–water partition coefficient (Wildman–Crippen LogP) is 4.26. The number of nitrogens with one attached hydrogen (secondary N) is 1. The van der Waals surface area contributed by atoms with Crippen molar-refractivity contribution in [2.45, 2.75) is 6.10 Å². The number of carbonyl (C=O) groups excluding carboxylic acids is 1. The Morgan fingerprint density at radius 3 is 2.87 bits per heavy atom. The maximum Gasteiger partial charge on any atom is 0.414 e. The molecule has 8 nitrogen and oxygen atoms in total. The van der Waals surface area contributed by atoms with Gasteiger partial charge in [0.2, 0.25) is 0 Å². The van der Waals surface area contributed by atoms with Crippen molar-refractivity contribution in [3.8, 4) is 5.75 Å². The molecule has 164 valence electrons. The number of cyclic esters (lactones) is 1. The lowest BCUT2D eigenvalue weighted by atomic mass is 10.1. The number of fused-ring (bicyclic) bond motifs is 1. The first-order valence-electron chi connectivity index (χ1n) is 9.02. The second kappa shape index (κ2) is 9.54. The molecule has 1 fully saturated rings. The zero-order chi connectivity index (χ0) is 21.3. The Balaban J connectivity index is 0.00000272. The molecule has 1 amide bonds. The van der Waals surface area contributed by atoms with Crippen LogP contribution in [0.15, 0.2) is 36.7 Å². The third-order valence-electron chi connectivity index (χ3n) is 4.66. The Morgan fingerprint density at radius 1 is 1.32 bits per heavy atom. The standard InChI is InChI=1S/C20H18ClFN4O4.H2S/c1-28-9-11-8-26(20(27)30-11)16-6-12-15(7-17(16)29-2)23-10-24-19(12)25-14-5-3-4-13(21)18(14)22;/h3-7,10-11H,8-9H2,1-2H3,(H,23,24,25);1H2/t11-;/m0./s1. The fourth-order valence-electron chi connectivity index (χ4n) is 3.27. The van der Waals surface area contributed by atoms with Gasteiger partial charge in [0.15, 0.2) is 5.82 Å². The van der Waals surface area contributed by atoms with Crippen molar-refractivity contribution in [1.82, 2.24) is 9.97 Å². The highest BCUT2D eigenvalue weighted by atomic mass is 35.5. The van der Waals surface area contributed by atoms with E-state index in [-0.39, 0.29) is 30.8 Å². The highest BCUT2D eigenvalue weighted by Gasteiger charge is 2.34. The van der Waals surface area contributed by atoms with Crippen LogP contribution in [0.3, 0.4) is 0 Å². The van der Waals surface area contributed by atoms with Gasteiger partial charge in [-0.1, -0.05) is 17.7 Å². The summed E-state index contributed by atoms with van der Waals surface area (Å²) in [7, 11) is 3.04. The fourth-order valence-corrected chi connectivity index (χ4v) is 3.44. The van der Waals surface area contributed by atoms with Gasteiger partial charge in [-0.05, 0) is 18.2 Å². The van der Waals surface area contributed by atoms with Crippen molar-refractivity contribution in [3.05, 3.63) is 47.5 Å². The number of methoxy groups -OCH3 is 2. The Hall–Kier alpha value is -2.82. The average molecular weight is 467 g/mol. The van der Waals surface area contributed by atoms with Crippen LogP contribution in [0.5, 0.6) is 5.75 Å². The molecule has 11 heteroatoms. The van der Waals surface area contributed by atoms with Crippen molar-refractivity contribution in [2.75, 3.05) is 37.6 Å². The van der Waals surface area contributed by atoms with Gasteiger partial charge in [-0.3, -0.25) is 4.90 Å². The lowest BCUT2D eigenvalue weighted by Gasteiger charge is -2.18. The summed E-state index contributed by atoms with van der Waals surface area (Å²) >= 11 is 5.87. The lowest BCUT2D eigenvalue weighted by Crippen LogP contribution is -2.26. The number of aromatic nitrogens is 2. The highest BCUT2D eigenvalue weighted by molar-refractivity contribution is 7.59. The van der Waals surface area contributed by atoms with Gasteiger partial charge in [0.1, 0.15) is 24.0 Å². The van der Waals surface area contributed by atoms with Crippen LogP contribution in [0.25, 0.3) is 10.9 Å². The van der Waals surface area contributed by atoms with Crippen molar-refractivity contribution in [2.24, 2.45) is 0 Å². The molecular weight excluding hydrogens is 447 g/mol. The Kier molecular flexibility index (Phi) is 7.04. The first-order valence-corrected chi connectivity index (χ1v) is 9.40. The number of hydrogen-bond acceptors (Lipinski definition) is 7. The average Bonchev–Trinajstić information content (AvgIpc) is 3.11. The Bertz CT molecular complexity index is 1120. The molecule has 0 radical (unpaired) electrons. The number of rotatable bonds is 6. The molecule has 0 unspecified atom stereocenters. The quantitative estimate of drug-likeness (QED) is 0.581. The lowest BCUT2D eigenvalue weighted by molar-refractivity contribution is 0.0718. The van der Waals surface area contributed by atoms with Crippen LogP contribution in [0, 0.1) is 5.82 Å². The third kappa shape index (κ3) is 4.46. The summed E-state index contributed by atoms with van der Waals surface area (Å²) in [6.07, 6.45) is 0.445. The van der Waals surface area contributed by atoms with Crippen LogP contribution in [-0.4, -0.2) is 49.5 Å². The number of amides is 1. The second-order valence-corrected chi connectivity index (χ2v) is 6.97. The summed E-state index contributed by atoms with van der Waals surface area (Å²) in [5.41, 5.74) is 1.20. The molecule has 2 aromatic carbocycles. The number of anilines is 3. The minimum atomic E-state index is -0.592. The predicted molar refractivity (Wildman–Crippen MR) is 121 cm³/mol. The van der Waals surface area contributed by atoms with Gasteiger partial charge in [0.05, 0.1) is 42.2 Å². The number of ether oxygens (including phenoxy) is 3. The van der Waals surface area contributed by atoms with E-state index in [1.54, 1.807) is 24.3 Å². The first-order chi connectivity index (χ1) is 14.5. The molecule has 1 N–H and O–H groups in total. The number of halogens is 2. The SMILES string of the molecule is COC[C@@H]1CN(c2cc3c(Nc4cccc(Cl)c4F)ncnc3cc2OC)C(=O)O1.S. The largest absolute Gasteiger partial charge is 0.494 e. The van der Waals surface area contributed by atoms with Gasteiger partial charge in [-0.25, -0.2) is 19.2 Å². The molecule has 1 saturated heterocycles. The molecule has 1 atom stereocenters. The van der Waals surface area contributed by atoms with E-state index in [9.17, 15) is 9.18 Å². The van der Waals surface area contributed by atoms with Crippen molar-refractivity contribution >= 4 is 59.3 Å². The summed E-state index contributed by atoms with van der Waals surface area (Å²) < 4.78 is 30.2. The molecule has 1 aliphatic rings. The van der Waals surface area contributed by atoms with Crippen molar-refractivity contribution < 1.29 is 23.4 Å². The van der Waals surface area contributed by atoms with Crippen molar-refractivity contribution in [1.29, 1.82) is 0 Å². The summed E-state index contributed by atoms with van der Waals surface area (Å²) in [5.74, 6) is 0.201. The molecule has 1 aromatic heterocycles. The molecule has 1 aliphatic heterocycles. The van der Waals surface area contributed by atoms with Crippen LogP contribution in [0.4, 0.5) is 26.4 Å². The van der Waals surface area contributed by atoms with E-state index in [2.05, 4.69) is 15.3 Å². The molecule has 0 spiro atoms. The zero-order valence-corrected chi connectivity index (χ0v) is 18.4. The molecule has 2 heterocycles. The first kappa shape index (κ1) is 22.9. The highest BCUT2D eigenvalue weighted by Crippen LogP contribution is 2.37. The minimum absolute atomic E-state index is 0. The van der Waals surface area contributed by atoms with Gasteiger partial charge in [0.25, 0.3) is 0 Å². The van der Waals surface area contributed by atoms with Crippen LogP contribution in [0.1, 0.15) is 0 Å². The number of benzene rings is 2. The normalized spacial score (nSPS) is 15.5. The molecule has 31 heavy (non-hydrogen) atoms. The van der Waals surface area contributed by atoms with Gasteiger partial charge in [-0.15, -0.1) is 0 Å². The zero-order valence-electron chi connectivity index (χ0n) is 16.7. The molecule has 0 aliphatic carbocycles. The number of hydrogen-bond donors (Lipinski definition) is 1. The van der Waals surface area contributed by atoms with E-state index < -0.39 is 18.0 Å². The summed E-state index contributed by atoms with van der Waals surface area (Å²) in [6, 6.07) is 8.02. The van der Waals surface area contributed by atoms with E-state index in [1.807, 2.05) is 0 Å². The van der Waals surface area contributed by atoms with Crippen LogP contribution in [0.2, 0.25) is 5.02 Å². The van der Waals surface area contributed by atoms with Crippen LogP contribution in [-0.2, 0) is 9.47 Å². The Morgan fingerprint density at radius 2 is 2.13 bits per heavy atom. The smallest absolute Gasteiger partial charge is 0.414 e. The van der Waals surface area contributed by atoms with E-state index in [0.29, 0.717) is 34.7 Å². The van der Waals surface area contributed by atoms with Gasteiger partial charge in [-0.2, -0.15) is 13.5 Å². The van der Waals surface area contributed by atoms with Gasteiger partial charge in [0, 0.05) is 18.6 Å². The third-order valence-corrected chi connectivity index (χ3v) is 4.95. The Labute approximate surface area is 189 Å². The maximum absolute atomic E-state index is 14.4. The maximum atomic E-state index is 14.4. The van der Waals surface area contributed by atoms with Gasteiger partial charge >= 0.3 is 6.09 Å². The molecular formula is C20H20ClFN4O4S. The van der Waals surface area contributed by atoms with Crippen LogP contribution >= 0.6 is 25.1 Å². The minimum Gasteiger partial charge on any atom is -0.494 e. The second-order valence-electron chi connectivity index (χ2n) is 6.56. The fraction of sp³-hybridized carbons (Fsp3) is 0.250. The number of carbonyl (C=O) groups is 1. The monoisotopic (exact) mass is 466 g/mol. The van der Waals surface area contributed by atoms with E-state index in [0.717, 1.165) is 0 Å². The van der Waals surface area contributed by atoms with E-state index >= 15 is 0 Å². The molecule has 0 saturated carbocycles. The molecule has 0 bridgehead atoms. The summed E-state index contributed by atoms with van der Waals surface area (Å²) in [4.78, 5) is 22.4. The van der Waals surface area contributed by atoms with Crippen molar-refractivity contribution in [3.63, 3.8) is 0 Å². The summed E-state index contributed by atoms with van der Waals surface area (Å²) in [5, 5.41) is 3.50. The van der Waals surface area contributed by atoms with E-state index in [4.69, 9.17) is 25.8 Å². The molecule has 4 rings (SSSR count). The van der Waals surface area contributed by atoms with Crippen LogP contribution < -0.4 is 15.0 Å². The van der Waals surface area contributed by atoms with Gasteiger partial charge < -0.3 is 19.5 Å². The summed E-state index contributed by atoms with van der Waals surface area (Å²) in [6.45, 7) is 0.579. The van der Waals surface area contributed by atoms with E-state index in [1.165, 1.54) is 31.5 Å². The number of nitrogens with zero attached hydrogens (tertiary/aromatic N) is 3.